The molecule has 5 heteroatoms. The van der Waals surface area contributed by atoms with Crippen LogP contribution in [0.4, 0.5) is 0 Å². The third kappa shape index (κ3) is 2.24. The smallest absolute Gasteiger partial charge is 0.108 e. The average molecular weight is 233 g/mol. The van der Waals surface area contributed by atoms with E-state index in [1.54, 1.807) is 4.68 Å². The van der Waals surface area contributed by atoms with Gasteiger partial charge in [0.05, 0.1) is 12.2 Å². The highest BCUT2D eigenvalue weighted by atomic mass is 15.2. The molecular weight excluding hydrogens is 214 g/mol. The number of hydrogen-bond acceptors (Lipinski definition) is 3. The fourth-order valence-corrected chi connectivity index (χ4v) is 2.18. The predicted molar refractivity (Wildman–Crippen MR) is 66.6 cm³/mol. The van der Waals surface area contributed by atoms with E-state index < -0.39 is 0 Å². The van der Waals surface area contributed by atoms with Crippen molar-refractivity contribution in [2.75, 3.05) is 0 Å². The summed E-state index contributed by atoms with van der Waals surface area (Å²) in [5.41, 5.74) is 7.23. The summed E-state index contributed by atoms with van der Waals surface area (Å²) >= 11 is 0. The van der Waals surface area contributed by atoms with E-state index in [-0.39, 0.29) is 12.1 Å². The molecule has 0 aliphatic rings. The summed E-state index contributed by atoms with van der Waals surface area (Å²) in [7, 11) is 1.91. The standard InChI is InChI=1S/C12H19N5/c1-4-11-14-5-6-17(11)12(9(2)13)10-7-15-16(3)8-10/h5-9,12H,4,13H2,1-3H3. The van der Waals surface area contributed by atoms with Gasteiger partial charge in [0, 0.05) is 43.7 Å². The molecule has 0 saturated heterocycles. The van der Waals surface area contributed by atoms with Crippen LogP contribution in [0.5, 0.6) is 0 Å². The minimum Gasteiger partial charge on any atom is -0.326 e. The van der Waals surface area contributed by atoms with Gasteiger partial charge in [-0.05, 0) is 6.92 Å². The molecule has 0 aliphatic heterocycles. The molecule has 2 rings (SSSR count). The van der Waals surface area contributed by atoms with Gasteiger partial charge in [0.15, 0.2) is 0 Å². The lowest BCUT2D eigenvalue weighted by Crippen LogP contribution is -2.30. The Kier molecular flexibility index (Phi) is 3.28. The van der Waals surface area contributed by atoms with E-state index in [4.69, 9.17) is 5.73 Å². The molecule has 2 atom stereocenters. The van der Waals surface area contributed by atoms with E-state index in [1.807, 2.05) is 38.8 Å². The molecule has 2 aromatic rings. The largest absolute Gasteiger partial charge is 0.326 e. The quantitative estimate of drug-likeness (QED) is 0.860. The summed E-state index contributed by atoms with van der Waals surface area (Å²) in [5.74, 6) is 1.05. The first-order valence-corrected chi connectivity index (χ1v) is 5.89. The van der Waals surface area contributed by atoms with Crippen molar-refractivity contribution in [2.24, 2.45) is 12.8 Å². The molecule has 2 aromatic heterocycles. The highest BCUT2D eigenvalue weighted by molar-refractivity contribution is 5.16. The van der Waals surface area contributed by atoms with E-state index in [0.717, 1.165) is 17.8 Å². The van der Waals surface area contributed by atoms with Gasteiger partial charge in [-0.15, -0.1) is 0 Å². The van der Waals surface area contributed by atoms with Gasteiger partial charge in [0.1, 0.15) is 5.82 Å². The second-order valence-corrected chi connectivity index (χ2v) is 4.36. The maximum atomic E-state index is 6.11. The number of hydrogen-bond donors (Lipinski definition) is 1. The van der Waals surface area contributed by atoms with Crippen molar-refractivity contribution in [2.45, 2.75) is 32.4 Å². The van der Waals surface area contributed by atoms with Crippen LogP contribution in [0.15, 0.2) is 24.8 Å². The second kappa shape index (κ2) is 4.71. The number of aryl methyl sites for hydroxylation is 2. The van der Waals surface area contributed by atoms with Gasteiger partial charge in [0.25, 0.3) is 0 Å². The lowest BCUT2D eigenvalue weighted by atomic mass is 10.0. The third-order valence-electron chi connectivity index (χ3n) is 2.93. The Balaban J connectivity index is 2.42. The van der Waals surface area contributed by atoms with Crippen molar-refractivity contribution >= 4 is 0 Å². The third-order valence-corrected chi connectivity index (χ3v) is 2.93. The minimum atomic E-state index is 0.0127. The molecule has 0 bridgehead atoms. The van der Waals surface area contributed by atoms with Crippen LogP contribution in [0.1, 0.15) is 31.3 Å². The van der Waals surface area contributed by atoms with Crippen molar-refractivity contribution < 1.29 is 0 Å². The Morgan fingerprint density at radius 2 is 2.24 bits per heavy atom. The fourth-order valence-electron chi connectivity index (χ4n) is 2.18. The van der Waals surface area contributed by atoms with Crippen LogP contribution in [0, 0.1) is 0 Å². The van der Waals surface area contributed by atoms with Gasteiger partial charge in [-0.3, -0.25) is 4.68 Å². The molecule has 92 valence electrons. The molecule has 17 heavy (non-hydrogen) atoms. The van der Waals surface area contributed by atoms with Gasteiger partial charge in [-0.25, -0.2) is 4.98 Å². The number of rotatable bonds is 4. The van der Waals surface area contributed by atoms with Crippen LogP contribution in [0.2, 0.25) is 0 Å². The van der Waals surface area contributed by atoms with E-state index in [0.29, 0.717) is 0 Å². The first-order valence-electron chi connectivity index (χ1n) is 5.89. The Morgan fingerprint density at radius 1 is 1.47 bits per heavy atom. The number of imidazole rings is 1. The zero-order valence-electron chi connectivity index (χ0n) is 10.5. The van der Waals surface area contributed by atoms with Crippen molar-refractivity contribution in [3.05, 3.63) is 36.2 Å². The molecule has 0 spiro atoms. The number of nitrogens with zero attached hydrogens (tertiary/aromatic N) is 4. The van der Waals surface area contributed by atoms with E-state index >= 15 is 0 Å². The molecule has 0 radical (unpaired) electrons. The lowest BCUT2D eigenvalue weighted by molar-refractivity contribution is 0.481. The maximum absolute atomic E-state index is 6.11. The van der Waals surface area contributed by atoms with Crippen LogP contribution in [0.3, 0.4) is 0 Å². The molecular formula is C12H19N5. The van der Waals surface area contributed by atoms with Gasteiger partial charge in [-0.2, -0.15) is 5.10 Å². The van der Waals surface area contributed by atoms with Crippen molar-refractivity contribution in [3.63, 3.8) is 0 Å². The molecule has 2 heterocycles. The van der Waals surface area contributed by atoms with Crippen LogP contribution in [-0.4, -0.2) is 25.4 Å². The average Bonchev–Trinajstić information content (AvgIpc) is 2.88. The molecule has 0 fully saturated rings. The van der Waals surface area contributed by atoms with E-state index in [9.17, 15) is 0 Å². The van der Waals surface area contributed by atoms with Gasteiger partial charge >= 0.3 is 0 Å². The van der Waals surface area contributed by atoms with E-state index in [1.165, 1.54) is 0 Å². The Bertz CT molecular complexity index is 483. The van der Waals surface area contributed by atoms with Crippen molar-refractivity contribution in [1.82, 2.24) is 19.3 Å². The monoisotopic (exact) mass is 233 g/mol. The Morgan fingerprint density at radius 3 is 2.76 bits per heavy atom. The molecule has 0 amide bonds. The van der Waals surface area contributed by atoms with Crippen LogP contribution in [-0.2, 0) is 13.5 Å². The summed E-state index contributed by atoms with van der Waals surface area (Å²) < 4.78 is 3.94. The van der Waals surface area contributed by atoms with Crippen molar-refractivity contribution in [3.8, 4) is 0 Å². The molecule has 0 aromatic carbocycles. The van der Waals surface area contributed by atoms with Crippen LogP contribution >= 0.6 is 0 Å². The normalized spacial score (nSPS) is 14.8. The number of nitrogens with two attached hydrogens (primary N) is 1. The van der Waals surface area contributed by atoms with Gasteiger partial charge in [-0.1, -0.05) is 6.92 Å². The van der Waals surface area contributed by atoms with Gasteiger partial charge in [0.2, 0.25) is 0 Å². The minimum absolute atomic E-state index is 0.0127. The molecule has 0 aliphatic carbocycles. The predicted octanol–water partition coefficient (Wildman–Crippen LogP) is 1.12. The first kappa shape index (κ1) is 11.9. The Hall–Kier alpha value is -1.62. The topological polar surface area (TPSA) is 61.7 Å². The highest BCUT2D eigenvalue weighted by Gasteiger charge is 2.21. The summed E-state index contributed by atoms with van der Waals surface area (Å²) in [6.45, 7) is 4.11. The molecule has 5 nitrogen and oxygen atoms in total. The van der Waals surface area contributed by atoms with Crippen molar-refractivity contribution in [1.29, 1.82) is 0 Å². The first-order chi connectivity index (χ1) is 8.13. The summed E-state index contributed by atoms with van der Waals surface area (Å²) in [6.07, 6.45) is 8.59. The van der Waals surface area contributed by atoms with Crippen LogP contribution < -0.4 is 5.73 Å². The molecule has 2 N–H and O–H groups in total. The Labute approximate surface area is 101 Å². The summed E-state index contributed by atoms with van der Waals surface area (Å²) in [5, 5.41) is 4.21. The fraction of sp³-hybridized carbons (Fsp3) is 0.500. The van der Waals surface area contributed by atoms with Crippen LogP contribution in [0.25, 0.3) is 0 Å². The molecule has 0 saturated carbocycles. The summed E-state index contributed by atoms with van der Waals surface area (Å²) in [4.78, 5) is 4.35. The van der Waals surface area contributed by atoms with Gasteiger partial charge < -0.3 is 10.3 Å². The number of aromatic nitrogens is 4. The van der Waals surface area contributed by atoms with E-state index in [2.05, 4.69) is 21.6 Å². The zero-order valence-corrected chi connectivity index (χ0v) is 10.5. The summed E-state index contributed by atoms with van der Waals surface area (Å²) in [6, 6.07) is 0.111. The maximum Gasteiger partial charge on any atom is 0.108 e. The second-order valence-electron chi connectivity index (χ2n) is 4.36. The molecule has 2 unspecified atom stereocenters. The SMILES string of the molecule is CCc1nccn1C(c1cnn(C)c1)C(C)N. The lowest BCUT2D eigenvalue weighted by Gasteiger charge is -2.23. The highest BCUT2D eigenvalue weighted by Crippen LogP contribution is 2.22. The zero-order chi connectivity index (χ0) is 12.4.